The Morgan fingerprint density at radius 2 is 0.795 bits per heavy atom. The van der Waals surface area contributed by atoms with Crippen LogP contribution in [-0.4, -0.2) is 9.13 Å². The van der Waals surface area contributed by atoms with Crippen molar-refractivity contribution in [3.63, 3.8) is 0 Å². The number of rotatable bonds is 4. The van der Waals surface area contributed by atoms with E-state index in [-0.39, 0.29) is 0 Å². The van der Waals surface area contributed by atoms with Crippen molar-refractivity contribution >= 4 is 43.6 Å². The van der Waals surface area contributed by atoms with Gasteiger partial charge in [0.05, 0.1) is 27.8 Å². The van der Waals surface area contributed by atoms with E-state index in [1.807, 2.05) is 0 Å². The summed E-state index contributed by atoms with van der Waals surface area (Å²) in [6.45, 7) is 0. The fraction of sp³-hybridized carbons (Fsp3) is 0. The molecule has 2 nitrogen and oxygen atoms in total. The molecule has 0 aliphatic carbocycles. The lowest BCUT2D eigenvalue weighted by Gasteiger charge is -2.16. The average Bonchev–Trinajstić information content (AvgIpc) is 3.61. The Kier molecular flexibility index (Phi) is 5.54. The first kappa shape index (κ1) is 24.7. The third kappa shape index (κ3) is 3.75. The lowest BCUT2D eigenvalue weighted by Crippen LogP contribution is -1.98. The zero-order chi connectivity index (χ0) is 29.0. The Balaban J connectivity index is 1.33. The first-order valence-corrected chi connectivity index (χ1v) is 15.1. The van der Waals surface area contributed by atoms with Crippen molar-refractivity contribution in [3.05, 3.63) is 170 Å². The second kappa shape index (κ2) is 9.86. The van der Waals surface area contributed by atoms with Crippen molar-refractivity contribution in [1.29, 1.82) is 0 Å². The van der Waals surface area contributed by atoms with Crippen molar-refractivity contribution < 1.29 is 0 Å². The highest BCUT2D eigenvalue weighted by Gasteiger charge is 2.18. The van der Waals surface area contributed by atoms with E-state index in [1.54, 1.807) is 0 Å². The van der Waals surface area contributed by atoms with Gasteiger partial charge in [0.15, 0.2) is 0 Å². The van der Waals surface area contributed by atoms with E-state index in [0.717, 1.165) is 0 Å². The van der Waals surface area contributed by atoms with Crippen molar-refractivity contribution in [2.45, 2.75) is 0 Å². The second-order valence-electron chi connectivity index (χ2n) is 11.4. The van der Waals surface area contributed by atoms with Crippen molar-refractivity contribution in [2.24, 2.45) is 0 Å². The molecule has 44 heavy (non-hydrogen) atoms. The molecule has 0 spiro atoms. The molecule has 9 rings (SSSR count). The van der Waals surface area contributed by atoms with Crippen molar-refractivity contribution in [3.8, 4) is 33.6 Å². The van der Waals surface area contributed by atoms with Gasteiger partial charge in [-0.05, 0) is 65.2 Å². The van der Waals surface area contributed by atoms with Gasteiger partial charge in [-0.3, -0.25) is 0 Å². The van der Waals surface area contributed by atoms with Crippen LogP contribution in [0.2, 0.25) is 0 Å². The summed E-state index contributed by atoms with van der Waals surface area (Å²) in [5.74, 6) is 0. The molecule has 0 saturated heterocycles. The number of fused-ring (bicyclic) bond motifs is 6. The predicted octanol–water partition coefficient (Wildman–Crippen LogP) is 11.2. The summed E-state index contributed by atoms with van der Waals surface area (Å²) >= 11 is 0. The average molecular weight is 561 g/mol. The summed E-state index contributed by atoms with van der Waals surface area (Å²) in [6.07, 6.45) is 0. The second-order valence-corrected chi connectivity index (χ2v) is 11.4. The predicted molar refractivity (Wildman–Crippen MR) is 186 cm³/mol. The number of para-hydroxylation sites is 3. The minimum absolute atomic E-state index is 1.17. The number of hydrogen-bond donors (Lipinski definition) is 0. The molecular weight excluding hydrogens is 532 g/mol. The van der Waals surface area contributed by atoms with Gasteiger partial charge in [0.2, 0.25) is 0 Å². The van der Waals surface area contributed by atoms with E-state index in [9.17, 15) is 0 Å². The molecule has 7 aromatic carbocycles. The lowest BCUT2D eigenvalue weighted by molar-refractivity contribution is 1.17. The molecule has 0 aliphatic rings. The Hall–Kier alpha value is -5.86. The molecule has 0 saturated carbocycles. The number of benzene rings is 7. The molecule has 2 heteroatoms. The van der Waals surface area contributed by atoms with Crippen LogP contribution in [-0.2, 0) is 0 Å². The highest BCUT2D eigenvalue weighted by atomic mass is 15.0. The minimum Gasteiger partial charge on any atom is -0.309 e. The van der Waals surface area contributed by atoms with Crippen LogP contribution < -0.4 is 0 Å². The SMILES string of the molecule is c1ccc(-c2ccc(-n3c4ccccc4c4cc(-n5c6ccccc6c6ccccc65)ccc43)c(-c3ccccc3)c2)cc1. The first-order valence-electron chi connectivity index (χ1n) is 15.1. The van der Waals surface area contributed by atoms with Crippen molar-refractivity contribution in [1.82, 2.24) is 9.13 Å². The maximum atomic E-state index is 2.44. The summed E-state index contributed by atoms with van der Waals surface area (Å²) in [4.78, 5) is 0. The van der Waals surface area contributed by atoms with Crippen LogP contribution in [0.3, 0.4) is 0 Å². The van der Waals surface area contributed by atoms with Crippen LogP contribution in [0.5, 0.6) is 0 Å². The zero-order valence-electron chi connectivity index (χ0n) is 24.1. The fourth-order valence-electron chi connectivity index (χ4n) is 6.95. The van der Waals surface area contributed by atoms with Crippen molar-refractivity contribution in [2.75, 3.05) is 0 Å². The summed E-state index contributed by atoms with van der Waals surface area (Å²) in [5.41, 5.74) is 12.0. The Bertz CT molecular complexity index is 2430. The van der Waals surface area contributed by atoms with E-state index in [4.69, 9.17) is 0 Å². The molecule has 0 bridgehead atoms. The Labute approximate surface area is 255 Å². The standard InChI is InChI=1S/C42H28N2/c1-3-13-29(14-4-1)31-23-25-41(36(27-31)30-15-5-2-6-16-30)44-40-22-12-9-19-35(40)37-28-32(24-26-42(37)44)43-38-20-10-7-17-33(38)34-18-8-11-21-39(34)43/h1-28H. The van der Waals surface area contributed by atoms with Gasteiger partial charge in [-0.2, -0.15) is 0 Å². The molecule has 206 valence electrons. The van der Waals surface area contributed by atoms with Crippen LogP contribution in [0.1, 0.15) is 0 Å². The summed E-state index contributed by atoms with van der Waals surface area (Å²) in [5, 5.41) is 5.04. The van der Waals surface area contributed by atoms with E-state index < -0.39 is 0 Å². The third-order valence-corrected chi connectivity index (χ3v) is 8.92. The highest BCUT2D eigenvalue weighted by Crippen LogP contribution is 2.40. The van der Waals surface area contributed by atoms with Gasteiger partial charge in [-0.15, -0.1) is 0 Å². The summed E-state index contributed by atoms with van der Waals surface area (Å²) in [6, 6.07) is 61.4. The molecule has 0 fully saturated rings. The zero-order valence-corrected chi connectivity index (χ0v) is 24.1. The van der Waals surface area contributed by atoms with Crippen LogP contribution >= 0.6 is 0 Å². The lowest BCUT2D eigenvalue weighted by atomic mass is 9.97. The molecule has 9 aromatic rings. The topological polar surface area (TPSA) is 9.86 Å². The van der Waals surface area contributed by atoms with E-state index in [0.29, 0.717) is 0 Å². The quantitative estimate of drug-likeness (QED) is 0.203. The van der Waals surface area contributed by atoms with Gasteiger partial charge >= 0.3 is 0 Å². The van der Waals surface area contributed by atoms with Gasteiger partial charge in [0.1, 0.15) is 0 Å². The number of hydrogen-bond acceptors (Lipinski definition) is 0. The van der Waals surface area contributed by atoms with Crippen LogP contribution in [0.15, 0.2) is 170 Å². The Morgan fingerprint density at radius 3 is 1.43 bits per heavy atom. The van der Waals surface area contributed by atoms with Gasteiger partial charge in [-0.1, -0.05) is 121 Å². The molecule has 0 aliphatic heterocycles. The molecule has 0 unspecified atom stereocenters. The maximum absolute atomic E-state index is 2.44. The molecule has 2 aromatic heterocycles. The van der Waals surface area contributed by atoms with Crippen LogP contribution in [0.4, 0.5) is 0 Å². The fourth-order valence-corrected chi connectivity index (χ4v) is 6.95. The third-order valence-electron chi connectivity index (χ3n) is 8.92. The molecule has 0 N–H and O–H groups in total. The molecule has 0 radical (unpaired) electrons. The first-order chi connectivity index (χ1) is 21.8. The van der Waals surface area contributed by atoms with E-state index in [1.165, 1.54) is 77.2 Å². The minimum atomic E-state index is 1.17. The highest BCUT2D eigenvalue weighted by molar-refractivity contribution is 6.12. The largest absolute Gasteiger partial charge is 0.309 e. The van der Waals surface area contributed by atoms with Gasteiger partial charge in [-0.25, -0.2) is 0 Å². The smallest absolute Gasteiger partial charge is 0.0542 e. The monoisotopic (exact) mass is 560 g/mol. The molecule has 0 amide bonds. The molecule has 0 atom stereocenters. The number of nitrogens with zero attached hydrogens (tertiary/aromatic N) is 2. The van der Waals surface area contributed by atoms with E-state index in [2.05, 4.69) is 179 Å². The Morgan fingerprint density at radius 1 is 0.295 bits per heavy atom. The van der Waals surface area contributed by atoms with Crippen LogP contribution in [0, 0.1) is 0 Å². The van der Waals surface area contributed by atoms with Gasteiger partial charge in [0, 0.05) is 32.8 Å². The molecular formula is C42H28N2. The van der Waals surface area contributed by atoms with Gasteiger partial charge < -0.3 is 9.13 Å². The number of aromatic nitrogens is 2. The maximum Gasteiger partial charge on any atom is 0.0542 e. The summed E-state index contributed by atoms with van der Waals surface area (Å²) < 4.78 is 4.84. The van der Waals surface area contributed by atoms with Crippen LogP contribution in [0.25, 0.3) is 77.2 Å². The summed E-state index contributed by atoms with van der Waals surface area (Å²) in [7, 11) is 0. The van der Waals surface area contributed by atoms with E-state index >= 15 is 0 Å². The normalized spacial score (nSPS) is 11.6. The molecule has 2 heterocycles. The van der Waals surface area contributed by atoms with Gasteiger partial charge in [0.25, 0.3) is 0 Å².